The molecule has 0 aromatic carbocycles. The van der Waals surface area contributed by atoms with E-state index >= 15 is 0 Å². The molecule has 1 aliphatic carbocycles. The van der Waals surface area contributed by atoms with Crippen LogP contribution in [-0.2, 0) is 4.74 Å². The van der Waals surface area contributed by atoms with Crippen LogP contribution in [0.2, 0.25) is 0 Å². The van der Waals surface area contributed by atoms with Crippen LogP contribution in [0.25, 0.3) is 0 Å². The number of carbonyl (C=O) groups is 2. The SMILES string of the molecule is COC(=O)NC1CCN(C(=O)NC2CCC2)C1. The van der Waals surface area contributed by atoms with Crippen molar-refractivity contribution in [2.75, 3.05) is 20.2 Å². The number of alkyl carbamates (subject to hydrolysis) is 1. The van der Waals surface area contributed by atoms with Gasteiger partial charge in [0.15, 0.2) is 0 Å². The van der Waals surface area contributed by atoms with Gasteiger partial charge in [-0.3, -0.25) is 0 Å². The standard InChI is InChI=1S/C11H19N3O3/c1-17-11(16)13-9-5-6-14(7-9)10(15)12-8-3-2-4-8/h8-9H,2-7H2,1H3,(H,12,15)(H,13,16). The number of rotatable bonds is 2. The largest absolute Gasteiger partial charge is 0.453 e. The molecule has 0 spiro atoms. The van der Waals surface area contributed by atoms with Gasteiger partial charge in [0.1, 0.15) is 0 Å². The summed E-state index contributed by atoms with van der Waals surface area (Å²) in [5, 5.41) is 5.70. The first kappa shape index (κ1) is 12.0. The van der Waals surface area contributed by atoms with Crippen LogP contribution in [0.15, 0.2) is 0 Å². The molecule has 1 saturated heterocycles. The lowest BCUT2D eigenvalue weighted by molar-refractivity contribution is 0.165. The second-order valence-electron chi connectivity index (χ2n) is 4.64. The Hall–Kier alpha value is -1.46. The fraction of sp³-hybridized carbons (Fsp3) is 0.818. The van der Waals surface area contributed by atoms with Gasteiger partial charge in [-0.1, -0.05) is 0 Å². The van der Waals surface area contributed by atoms with Crippen LogP contribution in [0.5, 0.6) is 0 Å². The maximum absolute atomic E-state index is 11.8. The second kappa shape index (κ2) is 5.25. The lowest BCUT2D eigenvalue weighted by Gasteiger charge is -2.29. The number of amides is 3. The van der Waals surface area contributed by atoms with Crippen LogP contribution in [0.4, 0.5) is 9.59 Å². The summed E-state index contributed by atoms with van der Waals surface area (Å²) in [5.74, 6) is 0. The molecule has 0 aromatic rings. The summed E-state index contributed by atoms with van der Waals surface area (Å²) in [6, 6.07) is 0.355. The molecule has 2 fully saturated rings. The number of carbonyl (C=O) groups excluding carboxylic acids is 2. The molecular formula is C11H19N3O3. The molecule has 96 valence electrons. The van der Waals surface area contributed by atoms with Crippen molar-refractivity contribution in [1.29, 1.82) is 0 Å². The summed E-state index contributed by atoms with van der Waals surface area (Å²) < 4.78 is 4.53. The highest BCUT2D eigenvalue weighted by atomic mass is 16.5. The van der Waals surface area contributed by atoms with Crippen molar-refractivity contribution >= 4 is 12.1 Å². The third-order valence-electron chi connectivity index (χ3n) is 3.42. The van der Waals surface area contributed by atoms with Crippen LogP contribution in [-0.4, -0.2) is 49.3 Å². The number of methoxy groups -OCH3 is 1. The third kappa shape index (κ3) is 3.01. The van der Waals surface area contributed by atoms with Gasteiger partial charge in [0.05, 0.1) is 13.2 Å². The smallest absolute Gasteiger partial charge is 0.407 e. The Morgan fingerprint density at radius 1 is 1.18 bits per heavy atom. The van der Waals surface area contributed by atoms with Crippen molar-refractivity contribution in [3.05, 3.63) is 0 Å². The van der Waals surface area contributed by atoms with Crippen LogP contribution < -0.4 is 10.6 Å². The fourth-order valence-corrected chi connectivity index (χ4v) is 2.11. The number of nitrogens with one attached hydrogen (secondary N) is 2. The van der Waals surface area contributed by atoms with Gasteiger partial charge in [-0.2, -0.15) is 0 Å². The van der Waals surface area contributed by atoms with Crippen LogP contribution >= 0.6 is 0 Å². The summed E-state index contributed by atoms with van der Waals surface area (Å²) in [7, 11) is 1.34. The minimum atomic E-state index is -0.434. The van der Waals surface area contributed by atoms with Crippen molar-refractivity contribution in [2.45, 2.75) is 37.8 Å². The van der Waals surface area contributed by atoms with E-state index < -0.39 is 6.09 Å². The molecule has 2 rings (SSSR count). The van der Waals surface area contributed by atoms with Crippen molar-refractivity contribution in [2.24, 2.45) is 0 Å². The summed E-state index contributed by atoms with van der Waals surface area (Å²) in [6.45, 7) is 1.25. The van der Waals surface area contributed by atoms with Gasteiger partial charge in [0.2, 0.25) is 0 Å². The molecule has 0 aromatic heterocycles. The van der Waals surface area contributed by atoms with Crippen LogP contribution in [0.3, 0.4) is 0 Å². The van der Waals surface area contributed by atoms with E-state index in [-0.39, 0.29) is 12.1 Å². The Morgan fingerprint density at radius 2 is 1.94 bits per heavy atom. The van der Waals surface area contributed by atoms with Gasteiger partial charge in [-0.25, -0.2) is 9.59 Å². The van der Waals surface area contributed by atoms with E-state index in [4.69, 9.17) is 0 Å². The number of hydrogen-bond acceptors (Lipinski definition) is 3. The fourth-order valence-electron chi connectivity index (χ4n) is 2.11. The topological polar surface area (TPSA) is 70.7 Å². The molecule has 1 unspecified atom stereocenters. The molecule has 0 radical (unpaired) electrons. The lowest BCUT2D eigenvalue weighted by atomic mass is 9.93. The van der Waals surface area contributed by atoms with Crippen LogP contribution in [0, 0.1) is 0 Å². The van der Waals surface area contributed by atoms with E-state index in [0.29, 0.717) is 19.1 Å². The Bertz CT molecular complexity index is 304. The van der Waals surface area contributed by atoms with Crippen molar-refractivity contribution in [1.82, 2.24) is 15.5 Å². The summed E-state index contributed by atoms with van der Waals surface area (Å²) in [5.41, 5.74) is 0. The van der Waals surface area contributed by atoms with E-state index in [9.17, 15) is 9.59 Å². The van der Waals surface area contributed by atoms with Gasteiger partial charge in [0.25, 0.3) is 0 Å². The predicted octanol–water partition coefficient (Wildman–Crippen LogP) is 0.679. The van der Waals surface area contributed by atoms with E-state index in [1.54, 1.807) is 4.90 Å². The zero-order valence-corrected chi connectivity index (χ0v) is 10.1. The maximum atomic E-state index is 11.8. The summed E-state index contributed by atoms with van der Waals surface area (Å²) in [4.78, 5) is 24.6. The molecule has 17 heavy (non-hydrogen) atoms. The first-order chi connectivity index (χ1) is 8.19. The molecule has 3 amide bonds. The molecule has 6 nitrogen and oxygen atoms in total. The average Bonchev–Trinajstić information content (AvgIpc) is 2.71. The zero-order valence-electron chi connectivity index (χ0n) is 10.1. The Labute approximate surface area is 101 Å². The molecule has 1 aliphatic heterocycles. The summed E-state index contributed by atoms with van der Waals surface area (Å²) in [6.07, 6.45) is 3.73. The average molecular weight is 241 g/mol. The quantitative estimate of drug-likeness (QED) is 0.746. The molecule has 0 bridgehead atoms. The van der Waals surface area contributed by atoms with E-state index in [0.717, 1.165) is 19.3 Å². The van der Waals surface area contributed by atoms with Gasteiger partial charge in [-0.05, 0) is 25.7 Å². The second-order valence-corrected chi connectivity index (χ2v) is 4.64. The third-order valence-corrected chi connectivity index (χ3v) is 3.42. The Kier molecular flexibility index (Phi) is 3.71. The van der Waals surface area contributed by atoms with Crippen LogP contribution in [0.1, 0.15) is 25.7 Å². The maximum Gasteiger partial charge on any atom is 0.407 e. The van der Waals surface area contributed by atoms with E-state index in [2.05, 4.69) is 15.4 Å². The number of likely N-dealkylation sites (tertiary alicyclic amines) is 1. The molecule has 2 N–H and O–H groups in total. The molecular weight excluding hydrogens is 222 g/mol. The highest BCUT2D eigenvalue weighted by Gasteiger charge is 2.29. The summed E-state index contributed by atoms with van der Waals surface area (Å²) >= 11 is 0. The van der Waals surface area contributed by atoms with Gasteiger partial charge in [-0.15, -0.1) is 0 Å². The number of urea groups is 1. The number of ether oxygens (including phenoxy) is 1. The van der Waals surface area contributed by atoms with Gasteiger partial charge in [0, 0.05) is 19.1 Å². The zero-order chi connectivity index (χ0) is 12.3. The normalized spacial score (nSPS) is 24.1. The molecule has 1 saturated carbocycles. The van der Waals surface area contributed by atoms with Crippen molar-refractivity contribution in [3.63, 3.8) is 0 Å². The molecule has 1 heterocycles. The highest BCUT2D eigenvalue weighted by Crippen LogP contribution is 2.19. The van der Waals surface area contributed by atoms with Crippen molar-refractivity contribution in [3.8, 4) is 0 Å². The van der Waals surface area contributed by atoms with Gasteiger partial charge >= 0.3 is 12.1 Å². The Morgan fingerprint density at radius 3 is 2.53 bits per heavy atom. The monoisotopic (exact) mass is 241 g/mol. The number of nitrogens with zero attached hydrogens (tertiary/aromatic N) is 1. The predicted molar refractivity (Wildman–Crippen MR) is 61.7 cm³/mol. The molecule has 2 aliphatic rings. The Balaban J connectivity index is 1.72. The number of hydrogen-bond donors (Lipinski definition) is 2. The minimum absolute atomic E-state index is 0.00888. The first-order valence-electron chi connectivity index (χ1n) is 6.09. The van der Waals surface area contributed by atoms with E-state index in [1.165, 1.54) is 13.5 Å². The first-order valence-corrected chi connectivity index (χ1v) is 6.09. The highest BCUT2D eigenvalue weighted by molar-refractivity contribution is 5.75. The van der Waals surface area contributed by atoms with Gasteiger partial charge < -0.3 is 20.3 Å². The molecule has 6 heteroatoms. The lowest BCUT2D eigenvalue weighted by Crippen LogP contribution is -2.47. The van der Waals surface area contributed by atoms with E-state index in [1.807, 2.05) is 0 Å². The molecule has 1 atom stereocenters. The van der Waals surface area contributed by atoms with Crippen molar-refractivity contribution < 1.29 is 14.3 Å². The minimum Gasteiger partial charge on any atom is -0.453 e.